The quantitative estimate of drug-likeness (QED) is 0.764. The molecule has 0 aromatic carbocycles. The number of amides is 1. The minimum absolute atomic E-state index is 0.0658. The average molecular weight is 306 g/mol. The number of sulfone groups is 1. The number of nitrogens with zero attached hydrogens (tertiary/aromatic N) is 2. The lowest BCUT2D eigenvalue weighted by Gasteiger charge is -2.05. The van der Waals surface area contributed by atoms with Crippen LogP contribution >= 0.6 is 11.3 Å². The van der Waals surface area contributed by atoms with Crippen molar-refractivity contribution in [1.82, 2.24) is 10.3 Å². The molecule has 0 fully saturated rings. The molecule has 19 heavy (non-hydrogen) atoms. The number of anilines is 2. The van der Waals surface area contributed by atoms with E-state index in [9.17, 15) is 13.2 Å². The average Bonchev–Trinajstić information content (AvgIpc) is 2.71. The molecule has 9 heteroatoms. The summed E-state index contributed by atoms with van der Waals surface area (Å²) in [5.41, 5.74) is 5.66. The molecular weight excluding hydrogens is 288 g/mol. The normalized spacial score (nSPS) is 11.3. The zero-order chi connectivity index (χ0) is 14.6. The lowest BCUT2D eigenvalue weighted by Crippen LogP contribution is -2.29. The zero-order valence-corrected chi connectivity index (χ0v) is 12.8. The van der Waals surface area contributed by atoms with Crippen molar-refractivity contribution in [3.63, 3.8) is 0 Å². The van der Waals surface area contributed by atoms with E-state index >= 15 is 0 Å². The van der Waals surface area contributed by atoms with Crippen LogP contribution < -0.4 is 16.0 Å². The van der Waals surface area contributed by atoms with Gasteiger partial charge in [0.15, 0.2) is 15.0 Å². The molecule has 1 rings (SSSR count). The highest BCUT2D eigenvalue weighted by molar-refractivity contribution is 7.91. The van der Waals surface area contributed by atoms with E-state index < -0.39 is 15.7 Å². The van der Waals surface area contributed by atoms with Gasteiger partial charge in [-0.15, -0.1) is 0 Å². The monoisotopic (exact) mass is 306 g/mol. The maximum Gasteiger partial charge on any atom is 0.265 e. The summed E-state index contributed by atoms with van der Waals surface area (Å²) in [6.07, 6.45) is 0. The van der Waals surface area contributed by atoms with Crippen molar-refractivity contribution in [3.05, 3.63) is 4.88 Å². The van der Waals surface area contributed by atoms with E-state index in [1.54, 1.807) is 25.9 Å². The van der Waals surface area contributed by atoms with Gasteiger partial charge in [-0.1, -0.05) is 18.3 Å². The predicted molar refractivity (Wildman–Crippen MR) is 77.5 cm³/mol. The van der Waals surface area contributed by atoms with Crippen molar-refractivity contribution >= 4 is 38.0 Å². The van der Waals surface area contributed by atoms with Crippen molar-refractivity contribution in [3.8, 4) is 0 Å². The lowest BCUT2D eigenvalue weighted by atomic mass is 10.4. The standard InChI is InChI=1S/C10H18N4O3S2/c1-4-19(16,17)6-5-12-9(15)7-8(11)13-10(18-7)14(2)3/h4-6,11H2,1-3H3,(H,12,15). The highest BCUT2D eigenvalue weighted by Gasteiger charge is 2.17. The Labute approximate surface area is 116 Å². The number of carbonyl (C=O) groups is 1. The Morgan fingerprint density at radius 2 is 2.11 bits per heavy atom. The third-order valence-electron chi connectivity index (χ3n) is 2.37. The van der Waals surface area contributed by atoms with Gasteiger partial charge in [0.05, 0.1) is 5.75 Å². The highest BCUT2D eigenvalue weighted by Crippen LogP contribution is 2.26. The van der Waals surface area contributed by atoms with E-state index in [1.165, 1.54) is 11.3 Å². The Hall–Kier alpha value is -1.35. The van der Waals surface area contributed by atoms with Gasteiger partial charge in [0.2, 0.25) is 0 Å². The highest BCUT2D eigenvalue weighted by atomic mass is 32.2. The molecule has 7 nitrogen and oxygen atoms in total. The molecule has 0 unspecified atom stereocenters. The number of aromatic nitrogens is 1. The summed E-state index contributed by atoms with van der Waals surface area (Å²) >= 11 is 1.17. The first-order valence-electron chi connectivity index (χ1n) is 5.69. The number of rotatable bonds is 6. The molecule has 1 aromatic heterocycles. The van der Waals surface area contributed by atoms with Crippen molar-refractivity contribution in [2.45, 2.75) is 6.92 Å². The van der Waals surface area contributed by atoms with Gasteiger partial charge in [-0.2, -0.15) is 0 Å². The molecule has 0 spiro atoms. The molecule has 0 atom stereocenters. The van der Waals surface area contributed by atoms with Gasteiger partial charge in [0.1, 0.15) is 10.7 Å². The second-order valence-corrected chi connectivity index (χ2v) is 7.55. The predicted octanol–water partition coefficient (Wildman–Crippen LogP) is -0.0442. The summed E-state index contributed by atoms with van der Waals surface area (Å²) in [5.74, 6) is -0.246. The Kier molecular flexibility index (Phi) is 5.12. The summed E-state index contributed by atoms with van der Waals surface area (Å²) in [6, 6.07) is 0. The second kappa shape index (κ2) is 6.20. The summed E-state index contributed by atoms with van der Waals surface area (Å²) < 4.78 is 22.6. The first-order valence-corrected chi connectivity index (χ1v) is 8.33. The van der Waals surface area contributed by atoms with Gasteiger partial charge >= 0.3 is 0 Å². The molecule has 0 aliphatic heterocycles. The molecular formula is C10H18N4O3S2. The Morgan fingerprint density at radius 3 is 2.58 bits per heavy atom. The Morgan fingerprint density at radius 1 is 1.47 bits per heavy atom. The van der Waals surface area contributed by atoms with Crippen LogP contribution in [0.15, 0.2) is 0 Å². The topological polar surface area (TPSA) is 105 Å². The SMILES string of the molecule is CCS(=O)(=O)CCNC(=O)c1sc(N(C)C)nc1N. The summed E-state index contributed by atoms with van der Waals surface area (Å²) in [5, 5.41) is 3.16. The molecule has 108 valence electrons. The van der Waals surface area contributed by atoms with Gasteiger partial charge in [0.25, 0.3) is 5.91 Å². The lowest BCUT2D eigenvalue weighted by molar-refractivity contribution is 0.0961. The van der Waals surface area contributed by atoms with Gasteiger partial charge in [0, 0.05) is 26.4 Å². The number of carbonyl (C=O) groups excluding carboxylic acids is 1. The van der Waals surface area contributed by atoms with Crippen LogP contribution in [0.3, 0.4) is 0 Å². The largest absolute Gasteiger partial charge is 0.382 e. The molecule has 0 bridgehead atoms. The fourth-order valence-electron chi connectivity index (χ4n) is 1.22. The number of thiazole rings is 1. The van der Waals surface area contributed by atoms with Gasteiger partial charge in [-0.05, 0) is 0 Å². The molecule has 1 aromatic rings. The summed E-state index contributed by atoms with van der Waals surface area (Å²) in [6.45, 7) is 1.64. The van der Waals surface area contributed by atoms with Crippen LogP contribution in [-0.4, -0.2) is 51.5 Å². The fourth-order valence-corrected chi connectivity index (χ4v) is 2.74. The number of hydrogen-bond acceptors (Lipinski definition) is 7. The fraction of sp³-hybridized carbons (Fsp3) is 0.600. The molecule has 0 radical (unpaired) electrons. The number of hydrogen-bond donors (Lipinski definition) is 2. The van der Waals surface area contributed by atoms with E-state index in [1.807, 2.05) is 0 Å². The third kappa shape index (κ3) is 4.35. The second-order valence-electron chi connectivity index (χ2n) is 4.10. The first kappa shape index (κ1) is 15.7. The maximum atomic E-state index is 11.8. The smallest absolute Gasteiger partial charge is 0.265 e. The van der Waals surface area contributed by atoms with Crippen molar-refractivity contribution < 1.29 is 13.2 Å². The van der Waals surface area contributed by atoms with E-state index in [0.717, 1.165) is 0 Å². The number of nitrogen functional groups attached to an aromatic ring is 1. The Balaban J connectivity index is 2.64. The summed E-state index contributed by atoms with van der Waals surface area (Å²) in [4.78, 5) is 17.9. The molecule has 0 aliphatic carbocycles. The summed E-state index contributed by atoms with van der Waals surface area (Å²) in [7, 11) is 0.517. The molecule has 0 aliphatic rings. The Bertz CT molecular complexity index is 551. The van der Waals surface area contributed by atoms with Gasteiger partial charge in [-0.25, -0.2) is 13.4 Å². The van der Waals surface area contributed by atoms with E-state index in [0.29, 0.717) is 10.0 Å². The van der Waals surface area contributed by atoms with Crippen molar-refractivity contribution in [1.29, 1.82) is 0 Å². The van der Waals surface area contributed by atoms with Crippen LogP contribution in [0.4, 0.5) is 10.9 Å². The molecule has 1 heterocycles. The van der Waals surface area contributed by atoms with E-state index in [4.69, 9.17) is 5.73 Å². The minimum Gasteiger partial charge on any atom is -0.382 e. The van der Waals surface area contributed by atoms with Crippen LogP contribution in [0, 0.1) is 0 Å². The molecule has 0 saturated carbocycles. The van der Waals surface area contributed by atoms with Crippen LogP contribution in [0.1, 0.15) is 16.6 Å². The van der Waals surface area contributed by atoms with E-state index in [-0.39, 0.29) is 23.9 Å². The first-order chi connectivity index (χ1) is 8.76. The third-order valence-corrected chi connectivity index (χ3v) is 5.31. The van der Waals surface area contributed by atoms with Crippen molar-refractivity contribution in [2.24, 2.45) is 0 Å². The number of nitrogens with one attached hydrogen (secondary N) is 1. The minimum atomic E-state index is -3.08. The zero-order valence-electron chi connectivity index (χ0n) is 11.1. The van der Waals surface area contributed by atoms with Crippen LogP contribution in [0.5, 0.6) is 0 Å². The van der Waals surface area contributed by atoms with Gasteiger partial charge < -0.3 is 16.0 Å². The molecule has 3 N–H and O–H groups in total. The number of nitrogens with two attached hydrogens (primary N) is 1. The molecule has 0 saturated heterocycles. The van der Waals surface area contributed by atoms with Crippen LogP contribution in [-0.2, 0) is 9.84 Å². The molecule has 1 amide bonds. The van der Waals surface area contributed by atoms with Crippen LogP contribution in [0.25, 0.3) is 0 Å². The van der Waals surface area contributed by atoms with Crippen LogP contribution in [0.2, 0.25) is 0 Å². The van der Waals surface area contributed by atoms with Gasteiger partial charge in [-0.3, -0.25) is 4.79 Å². The maximum absolute atomic E-state index is 11.8. The van der Waals surface area contributed by atoms with Crippen molar-refractivity contribution in [2.75, 3.05) is 42.8 Å². The van der Waals surface area contributed by atoms with E-state index in [2.05, 4.69) is 10.3 Å².